The molecule has 3 N–H and O–H groups in total. The molecule has 2 amide bonds. The summed E-state index contributed by atoms with van der Waals surface area (Å²) in [6.07, 6.45) is 1.28. The number of hydrogen-bond donors (Lipinski definition) is 2. The van der Waals surface area contributed by atoms with Gasteiger partial charge in [-0.15, -0.1) is 0 Å². The minimum atomic E-state index is -0.388. The highest BCUT2D eigenvalue weighted by Gasteiger charge is 2.41. The Morgan fingerprint density at radius 3 is 2.61 bits per heavy atom. The molecule has 1 fully saturated rings. The summed E-state index contributed by atoms with van der Waals surface area (Å²) in [5.74, 6) is 0.331. The van der Waals surface area contributed by atoms with Gasteiger partial charge in [0.2, 0.25) is 5.91 Å². The highest BCUT2D eigenvalue weighted by Crippen LogP contribution is 2.41. The molecule has 1 aromatic carbocycles. The van der Waals surface area contributed by atoms with Crippen molar-refractivity contribution in [1.82, 2.24) is 5.32 Å². The lowest BCUT2D eigenvalue weighted by Gasteiger charge is -2.41. The van der Waals surface area contributed by atoms with Crippen LogP contribution in [0.2, 0.25) is 0 Å². The molecule has 1 heterocycles. The predicted octanol–water partition coefficient (Wildman–Crippen LogP) is 2.46. The van der Waals surface area contributed by atoms with E-state index in [0.29, 0.717) is 31.9 Å². The van der Waals surface area contributed by atoms with E-state index in [4.69, 9.17) is 15.2 Å². The van der Waals surface area contributed by atoms with Crippen molar-refractivity contribution in [3.8, 4) is 0 Å². The summed E-state index contributed by atoms with van der Waals surface area (Å²) in [5.41, 5.74) is 8.57. The first-order chi connectivity index (χ1) is 14.9. The monoisotopic (exact) mass is 432 g/mol. The van der Waals surface area contributed by atoms with Crippen LogP contribution in [0.25, 0.3) is 0 Å². The fourth-order valence-electron chi connectivity index (χ4n) is 3.98. The molecule has 0 radical (unpaired) electrons. The maximum atomic E-state index is 13.0. The first kappa shape index (κ1) is 23.5. The summed E-state index contributed by atoms with van der Waals surface area (Å²) in [7, 11) is 1.67. The SMILES string of the molecule is COCCNCC(CN)c1ccc2c(c1)N(C(=O)OC(C)C)C[C@H](C)N2C(=O)C1CC1. The third kappa shape index (κ3) is 5.56. The Bertz CT molecular complexity index is 781. The van der Waals surface area contributed by atoms with Crippen LogP contribution in [0.1, 0.15) is 45.1 Å². The largest absolute Gasteiger partial charge is 0.446 e. The van der Waals surface area contributed by atoms with Gasteiger partial charge in [-0.1, -0.05) is 6.07 Å². The van der Waals surface area contributed by atoms with E-state index in [0.717, 1.165) is 30.6 Å². The number of amides is 2. The molecule has 0 bridgehead atoms. The highest BCUT2D eigenvalue weighted by atomic mass is 16.6. The summed E-state index contributed by atoms with van der Waals surface area (Å²) in [6.45, 7) is 8.60. The second-order valence-corrected chi connectivity index (χ2v) is 8.75. The zero-order chi connectivity index (χ0) is 22.5. The van der Waals surface area contributed by atoms with Gasteiger partial charge in [0.25, 0.3) is 0 Å². The van der Waals surface area contributed by atoms with Crippen molar-refractivity contribution in [2.75, 3.05) is 49.7 Å². The van der Waals surface area contributed by atoms with E-state index in [9.17, 15) is 9.59 Å². The number of rotatable bonds is 9. The fraction of sp³-hybridized carbons (Fsp3) is 0.652. The molecule has 8 heteroatoms. The molecule has 1 unspecified atom stereocenters. The minimum Gasteiger partial charge on any atom is -0.446 e. The summed E-state index contributed by atoms with van der Waals surface area (Å²) in [4.78, 5) is 29.4. The lowest BCUT2D eigenvalue weighted by atomic mass is 9.96. The Morgan fingerprint density at radius 1 is 1.26 bits per heavy atom. The van der Waals surface area contributed by atoms with Crippen molar-refractivity contribution >= 4 is 23.4 Å². The number of anilines is 2. The Labute approximate surface area is 185 Å². The number of fused-ring (bicyclic) bond motifs is 1. The van der Waals surface area contributed by atoms with Crippen LogP contribution in [-0.2, 0) is 14.3 Å². The predicted molar refractivity (Wildman–Crippen MR) is 122 cm³/mol. The molecule has 1 saturated carbocycles. The Balaban J connectivity index is 1.92. The molecule has 1 aliphatic carbocycles. The van der Waals surface area contributed by atoms with Crippen LogP contribution in [-0.4, -0.2) is 64.0 Å². The van der Waals surface area contributed by atoms with Crippen LogP contribution >= 0.6 is 0 Å². The van der Waals surface area contributed by atoms with Crippen molar-refractivity contribution < 1.29 is 19.1 Å². The number of hydrogen-bond acceptors (Lipinski definition) is 6. The average Bonchev–Trinajstić information content (AvgIpc) is 3.57. The third-order valence-corrected chi connectivity index (χ3v) is 5.79. The summed E-state index contributed by atoms with van der Waals surface area (Å²) in [6, 6.07) is 5.85. The molecule has 1 aliphatic heterocycles. The first-order valence-electron chi connectivity index (χ1n) is 11.2. The first-order valence-corrected chi connectivity index (χ1v) is 11.2. The molecule has 8 nitrogen and oxygen atoms in total. The second-order valence-electron chi connectivity index (χ2n) is 8.75. The molecular formula is C23H36N4O4. The molecule has 0 spiro atoms. The third-order valence-electron chi connectivity index (χ3n) is 5.79. The lowest BCUT2D eigenvalue weighted by Crippen LogP contribution is -2.52. The maximum absolute atomic E-state index is 13.0. The number of benzene rings is 1. The number of carbonyl (C=O) groups excluding carboxylic acids is 2. The van der Waals surface area contributed by atoms with Gasteiger partial charge in [-0.3, -0.25) is 9.69 Å². The maximum Gasteiger partial charge on any atom is 0.414 e. The number of ether oxygens (including phenoxy) is 2. The molecule has 3 rings (SSSR count). The second kappa shape index (κ2) is 10.4. The molecule has 1 aromatic rings. The van der Waals surface area contributed by atoms with Crippen molar-refractivity contribution in [2.45, 2.75) is 51.7 Å². The smallest absolute Gasteiger partial charge is 0.414 e. The Kier molecular flexibility index (Phi) is 7.91. The van der Waals surface area contributed by atoms with Crippen LogP contribution in [0.3, 0.4) is 0 Å². The van der Waals surface area contributed by atoms with Gasteiger partial charge in [0.1, 0.15) is 0 Å². The number of nitrogens with zero attached hydrogens (tertiary/aromatic N) is 2. The van der Waals surface area contributed by atoms with Crippen molar-refractivity contribution in [2.24, 2.45) is 11.7 Å². The van der Waals surface area contributed by atoms with E-state index in [1.54, 1.807) is 12.0 Å². The molecule has 2 aliphatic rings. The van der Waals surface area contributed by atoms with Gasteiger partial charge in [-0.05, 0) is 51.3 Å². The molecule has 2 atom stereocenters. The molecule has 0 saturated heterocycles. The normalized spacial score (nSPS) is 19.4. The van der Waals surface area contributed by atoms with Gasteiger partial charge in [0.05, 0.1) is 30.1 Å². The van der Waals surface area contributed by atoms with E-state index >= 15 is 0 Å². The van der Waals surface area contributed by atoms with Gasteiger partial charge < -0.3 is 25.4 Å². The molecule has 31 heavy (non-hydrogen) atoms. The number of methoxy groups -OCH3 is 1. The standard InChI is InChI=1S/C23H36N4O4/c1-15(2)31-23(29)26-14-16(3)27(22(28)17-5-6-17)20-8-7-18(11-21(20)26)19(12-24)13-25-9-10-30-4/h7-8,11,15-17,19,25H,5-6,9-10,12-14,24H2,1-4H3/t16-,19?/m0/s1. The van der Waals surface area contributed by atoms with E-state index in [1.165, 1.54) is 0 Å². The van der Waals surface area contributed by atoms with Gasteiger partial charge in [-0.25, -0.2) is 4.79 Å². The number of carbonyl (C=O) groups is 2. The Hall–Kier alpha value is -2.16. The van der Waals surface area contributed by atoms with E-state index in [2.05, 4.69) is 5.32 Å². The topological polar surface area (TPSA) is 97.1 Å². The van der Waals surface area contributed by atoms with Crippen LogP contribution < -0.4 is 20.9 Å². The van der Waals surface area contributed by atoms with Crippen LogP contribution in [0.5, 0.6) is 0 Å². The van der Waals surface area contributed by atoms with Gasteiger partial charge in [-0.2, -0.15) is 0 Å². The van der Waals surface area contributed by atoms with Gasteiger partial charge in [0.15, 0.2) is 0 Å². The van der Waals surface area contributed by atoms with Crippen molar-refractivity contribution in [1.29, 1.82) is 0 Å². The van der Waals surface area contributed by atoms with Crippen molar-refractivity contribution in [3.05, 3.63) is 23.8 Å². The number of nitrogens with two attached hydrogens (primary N) is 1. The summed E-state index contributed by atoms with van der Waals surface area (Å²) < 4.78 is 10.6. The summed E-state index contributed by atoms with van der Waals surface area (Å²) >= 11 is 0. The van der Waals surface area contributed by atoms with E-state index < -0.39 is 0 Å². The fourth-order valence-corrected chi connectivity index (χ4v) is 3.98. The van der Waals surface area contributed by atoms with Gasteiger partial charge >= 0.3 is 6.09 Å². The summed E-state index contributed by atoms with van der Waals surface area (Å²) in [5, 5.41) is 3.36. The van der Waals surface area contributed by atoms with Crippen LogP contribution in [0.4, 0.5) is 16.2 Å². The van der Waals surface area contributed by atoms with Crippen LogP contribution in [0, 0.1) is 5.92 Å². The molecule has 0 aromatic heterocycles. The van der Waals surface area contributed by atoms with Crippen molar-refractivity contribution in [3.63, 3.8) is 0 Å². The molecular weight excluding hydrogens is 396 g/mol. The Morgan fingerprint density at radius 2 is 2.00 bits per heavy atom. The van der Waals surface area contributed by atoms with E-state index in [1.807, 2.05) is 43.9 Å². The van der Waals surface area contributed by atoms with Crippen LogP contribution in [0.15, 0.2) is 18.2 Å². The quantitative estimate of drug-likeness (QED) is 0.582. The minimum absolute atomic E-state index is 0.0806. The zero-order valence-electron chi connectivity index (χ0n) is 19.1. The zero-order valence-corrected chi connectivity index (χ0v) is 19.1. The van der Waals surface area contributed by atoms with E-state index in [-0.39, 0.29) is 36.0 Å². The number of nitrogens with one attached hydrogen (secondary N) is 1. The molecule has 172 valence electrons. The average molecular weight is 433 g/mol. The highest BCUT2D eigenvalue weighted by molar-refractivity contribution is 6.04. The van der Waals surface area contributed by atoms with Gasteiger partial charge in [0, 0.05) is 45.1 Å². The lowest BCUT2D eigenvalue weighted by molar-refractivity contribution is -0.120.